The van der Waals surface area contributed by atoms with E-state index in [2.05, 4.69) is 15.5 Å². The molecular formula is C24H21N3O3S. The number of amides is 1. The number of hydrogen-bond donors (Lipinski definition) is 1. The van der Waals surface area contributed by atoms with E-state index in [-0.39, 0.29) is 11.7 Å². The fourth-order valence-corrected chi connectivity index (χ4v) is 3.43. The Balaban J connectivity index is 1.37. The molecule has 0 aliphatic carbocycles. The Morgan fingerprint density at radius 1 is 0.968 bits per heavy atom. The van der Waals surface area contributed by atoms with E-state index in [0.717, 1.165) is 16.7 Å². The molecule has 0 bridgehead atoms. The van der Waals surface area contributed by atoms with Gasteiger partial charge in [-0.2, -0.15) is 0 Å². The molecule has 31 heavy (non-hydrogen) atoms. The molecule has 3 aromatic carbocycles. The molecule has 0 unspecified atom stereocenters. The minimum atomic E-state index is -0.194. The molecule has 0 fully saturated rings. The summed E-state index contributed by atoms with van der Waals surface area (Å²) in [6.07, 6.45) is 0. The molecule has 1 N–H and O–H groups in total. The lowest BCUT2D eigenvalue weighted by atomic mass is 10.1. The van der Waals surface area contributed by atoms with Gasteiger partial charge >= 0.3 is 0 Å². The van der Waals surface area contributed by atoms with E-state index in [9.17, 15) is 4.79 Å². The molecule has 0 atom stereocenters. The van der Waals surface area contributed by atoms with Gasteiger partial charge in [-0.1, -0.05) is 59.3 Å². The average molecular weight is 432 g/mol. The zero-order chi connectivity index (χ0) is 21.6. The third-order valence-corrected chi connectivity index (χ3v) is 5.23. The van der Waals surface area contributed by atoms with E-state index < -0.39 is 0 Å². The highest BCUT2D eigenvalue weighted by Gasteiger charge is 2.13. The number of aromatic nitrogens is 2. The van der Waals surface area contributed by atoms with Gasteiger partial charge in [-0.3, -0.25) is 4.79 Å². The van der Waals surface area contributed by atoms with E-state index in [4.69, 9.17) is 9.15 Å². The Morgan fingerprint density at radius 2 is 1.77 bits per heavy atom. The summed E-state index contributed by atoms with van der Waals surface area (Å²) in [6.45, 7) is 4.02. The Morgan fingerprint density at radius 3 is 2.58 bits per heavy atom. The second kappa shape index (κ2) is 9.49. The number of nitrogens with one attached hydrogen (secondary N) is 1. The molecule has 6 nitrogen and oxygen atoms in total. The zero-order valence-corrected chi connectivity index (χ0v) is 18.0. The third-order valence-electron chi connectivity index (χ3n) is 4.41. The van der Waals surface area contributed by atoms with Gasteiger partial charge in [0.1, 0.15) is 5.75 Å². The van der Waals surface area contributed by atoms with E-state index >= 15 is 0 Å². The number of thioether (sulfide) groups is 1. The number of carbonyl (C=O) groups excluding carboxylic acids is 1. The van der Waals surface area contributed by atoms with Crippen LogP contribution in [0.15, 0.2) is 82.4 Å². The number of para-hydroxylation sites is 2. The molecule has 156 valence electrons. The summed E-state index contributed by atoms with van der Waals surface area (Å²) in [5.41, 5.74) is 3.71. The summed E-state index contributed by atoms with van der Waals surface area (Å²) in [5.74, 6) is 1.65. The minimum Gasteiger partial charge on any atom is -0.455 e. The SMILES string of the molecule is Cc1ccc(Oc2ccccc2NC(=O)CSc2nnc(-c3cccc(C)c3)o2)cc1. The van der Waals surface area contributed by atoms with Crippen molar-refractivity contribution in [1.82, 2.24) is 10.2 Å². The Bertz CT molecular complexity index is 1190. The smallest absolute Gasteiger partial charge is 0.277 e. The van der Waals surface area contributed by atoms with Gasteiger partial charge in [0, 0.05) is 5.56 Å². The van der Waals surface area contributed by atoms with Gasteiger partial charge in [-0.05, 0) is 50.2 Å². The molecule has 4 rings (SSSR count). The maximum absolute atomic E-state index is 12.5. The molecule has 0 radical (unpaired) electrons. The average Bonchev–Trinajstić information content (AvgIpc) is 3.24. The van der Waals surface area contributed by atoms with Crippen LogP contribution < -0.4 is 10.1 Å². The number of carbonyl (C=O) groups is 1. The maximum atomic E-state index is 12.5. The van der Waals surface area contributed by atoms with E-state index in [1.54, 1.807) is 6.07 Å². The molecule has 4 aromatic rings. The van der Waals surface area contributed by atoms with Gasteiger partial charge in [0.15, 0.2) is 5.75 Å². The Hall–Kier alpha value is -3.58. The van der Waals surface area contributed by atoms with Crippen LogP contribution in [-0.2, 0) is 4.79 Å². The van der Waals surface area contributed by atoms with E-state index in [0.29, 0.717) is 28.3 Å². The molecule has 0 saturated heterocycles. The zero-order valence-electron chi connectivity index (χ0n) is 17.2. The van der Waals surface area contributed by atoms with Crippen molar-refractivity contribution in [2.45, 2.75) is 19.1 Å². The fraction of sp³-hybridized carbons (Fsp3) is 0.125. The summed E-state index contributed by atoms with van der Waals surface area (Å²) in [7, 11) is 0. The number of ether oxygens (including phenoxy) is 1. The number of hydrogen-bond acceptors (Lipinski definition) is 6. The first-order valence-corrected chi connectivity index (χ1v) is 10.7. The second-order valence-corrected chi connectivity index (χ2v) is 7.92. The lowest BCUT2D eigenvalue weighted by Crippen LogP contribution is -2.14. The predicted octanol–water partition coefficient (Wildman–Crippen LogP) is 5.88. The number of aryl methyl sites for hydroxylation is 2. The van der Waals surface area contributed by atoms with Crippen LogP contribution >= 0.6 is 11.8 Å². The van der Waals surface area contributed by atoms with Gasteiger partial charge in [-0.25, -0.2) is 0 Å². The van der Waals surface area contributed by atoms with Gasteiger partial charge in [0.2, 0.25) is 11.8 Å². The predicted molar refractivity (Wildman–Crippen MR) is 122 cm³/mol. The molecule has 1 aromatic heterocycles. The first-order valence-electron chi connectivity index (χ1n) is 9.73. The van der Waals surface area contributed by atoms with Crippen molar-refractivity contribution in [1.29, 1.82) is 0 Å². The molecule has 0 saturated carbocycles. The molecule has 1 heterocycles. The van der Waals surface area contributed by atoms with Crippen molar-refractivity contribution in [2.24, 2.45) is 0 Å². The van der Waals surface area contributed by atoms with Crippen LogP contribution in [0.5, 0.6) is 11.5 Å². The standard InChI is InChI=1S/C24H21N3O3S/c1-16-10-12-19(13-11-16)29-21-9-4-3-8-20(21)25-22(28)15-31-24-27-26-23(30-24)18-7-5-6-17(2)14-18/h3-14H,15H2,1-2H3,(H,25,28). The first kappa shape index (κ1) is 20.7. The molecule has 0 spiro atoms. The monoisotopic (exact) mass is 431 g/mol. The summed E-state index contributed by atoms with van der Waals surface area (Å²) < 4.78 is 11.6. The summed E-state index contributed by atoms with van der Waals surface area (Å²) in [6, 6.07) is 22.9. The largest absolute Gasteiger partial charge is 0.455 e. The van der Waals surface area contributed by atoms with Crippen LogP contribution in [0.3, 0.4) is 0 Å². The lowest BCUT2D eigenvalue weighted by molar-refractivity contribution is -0.113. The van der Waals surface area contributed by atoms with Crippen LogP contribution in [0.1, 0.15) is 11.1 Å². The second-order valence-electron chi connectivity index (χ2n) is 6.99. The van der Waals surface area contributed by atoms with Crippen LogP contribution in [0.4, 0.5) is 5.69 Å². The molecular weight excluding hydrogens is 410 g/mol. The molecule has 0 aliphatic rings. The van der Waals surface area contributed by atoms with Crippen molar-refractivity contribution < 1.29 is 13.9 Å². The quantitative estimate of drug-likeness (QED) is 0.368. The van der Waals surface area contributed by atoms with Crippen molar-refractivity contribution in [3.8, 4) is 23.0 Å². The minimum absolute atomic E-state index is 0.133. The summed E-state index contributed by atoms with van der Waals surface area (Å²) in [5, 5.41) is 11.3. The van der Waals surface area contributed by atoms with Crippen LogP contribution in [0, 0.1) is 13.8 Å². The lowest BCUT2D eigenvalue weighted by Gasteiger charge is -2.12. The van der Waals surface area contributed by atoms with Gasteiger partial charge in [0.05, 0.1) is 11.4 Å². The number of nitrogens with zero attached hydrogens (tertiary/aromatic N) is 2. The van der Waals surface area contributed by atoms with Gasteiger partial charge in [-0.15, -0.1) is 10.2 Å². The number of benzene rings is 3. The van der Waals surface area contributed by atoms with Gasteiger partial charge < -0.3 is 14.5 Å². The first-order chi connectivity index (χ1) is 15.1. The third kappa shape index (κ3) is 5.52. The fourth-order valence-electron chi connectivity index (χ4n) is 2.87. The number of anilines is 1. The van der Waals surface area contributed by atoms with Crippen molar-refractivity contribution >= 4 is 23.4 Å². The Kier molecular flexibility index (Phi) is 6.33. The highest BCUT2D eigenvalue weighted by molar-refractivity contribution is 7.99. The molecule has 7 heteroatoms. The summed E-state index contributed by atoms with van der Waals surface area (Å²) in [4.78, 5) is 12.5. The summed E-state index contributed by atoms with van der Waals surface area (Å²) >= 11 is 1.19. The van der Waals surface area contributed by atoms with Crippen molar-refractivity contribution in [3.05, 3.63) is 83.9 Å². The number of rotatable bonds is 7. The Labute approximate surface area is 184 Å². The van der Waals surface area contributed by atoms with Gasteiger partial charge in [0.25, 0.3) is 5.22 Å². The van der Waals surface area contributed by atoms with Crippen LogP contribution in [0.2, 0.25) is 0 Å². The highest BCUT2D eigenvalue weighted by Crippen LogP contribution is 2.30. The normalized spacial score (nSPS) is 10.6. The molecule has 1 amide bonds. The van der Waals surface area contributed by atoms with E-state index in [1.807, 2.05) is 80.6 Å². The van der Waals surface area contributed by atoms with Crippen LogP contribution in [0.25, 0.3) is 11.5 Å². The highest BCUT2D eigenvalue weighted by atomic mass is 32.2. The molecule has 0 aliphatic heterocycles. The maximum Gasteiger partial charge on any atom is 0.277 e. The van der Waals surface area contributed by atoms with Crippen LogP contribution in [-0.4, -0.2) is 21.9 Å². The van der Waals surface area contributed by atoms with Crippen molar-refractivity contribution in [3.63, 3.8) is 0 Å². The van der Waals surface area contributed by atoms with Crippen molar-refractivity contribution in [2.75, 3.05) is 11.1 Å². The van der Waals surface area contributed by atoms with E-state index in [1.165, 1.54) is 11.8 Å². The topological polar surface area (TPSA) is 77.2 Å².